The average Bonchev–Trinajstić information content (AvgIpc) is 2.41. The van der Waals surface area contributed by atoms with Crippen molar-refractivity contribution in [3.63, 3.8) is 0 Å². The van der Waals surface area contributed by atoms with Crippen LogP contribution in [0, 0.1) is 0 Å². The summed E-state index contributed by atoms with van der Waals surface area (Å²) < 4.78 is 5.86. The Morgan fingerprint density at radius 2 is 1.90 bits per heavy atom. The van der Waals surface area contributed by atoms with E-state index in [0.717, 1.165) is 5.56 Å². The summed E-state index contributed by atoms with van der Waals surface area (Å²) >= 11 is 11.9. The summed E-state index contributed by atoms with van der Waals surface area (Å²) in [5.74, 6) is 1.34. The van der Waals surface area contributed by atoms with E-state index in [1.54, 1.807) is 30.6 Å². The summed E-state index contributed by atoms with van der Waals surface area (Å²) in [6.45, 7) is 7.05. The summed E-state index contributed by atoms with van der Waals surface area (Å²) in [5, 5.41) is 4.40. The summed E-state index contributed by atoms with van der Waals surface area (Å²) in [4.78, 5) is 4.11. The van der Waals surface area contributed by atoms with E-state index in [0.29, 0.717) is 28.1 Å². The fraction of sp³-hybridized carbons (Fsp3) is 0.312. The van der Waals surface area contributed by atoms with Crippen molar-refractivity contribution in [2.24, 2.45) is 0 Å². The Morgan fingerprint density at radius 1 is 1.14 bits per heavy atom. The van der Waals surface area contributed by atoms with Crippen LogP contribution in [0.5, 0.6) is 11.5 Å². The van der Waals surface area contributed by atoms with Crippen LogP contribution in [0.1, 0.15) is 26.3 Å². The van der Waals surface area contributed by atoms with Gasteiger partial charge in [0.1, 0.15) is 11.5 Å². The molecule has 21 heavy (non-hydrogen) atoms. The Kier molecular flexibility index (Phi) is 5.09. The smallest absolute Gasteiger partial charge is 0.150 e. The fourth-order valence-electron chi connectivity index (χ4n) is 1.67. The van der Waals surface area contributed by atoms with Crippen molar-refractivity contribution < 1.29 is 4.74 Å². The molecule has 0 amide bonds. The molecule has 0 aliphatic heterocycles. The standard InChI is InChI=1S/C16H18Cl2N2O/c1-16(2,3)20-9-11-6-7-19-10-15(11)21-12-4-5-13(17)14(18)8-12/h4-8,10,20H,9H2,1-3H3. The summed E-state index contributed by atoms with van der Waals surface area (Å²) in [6.07, 6.45) is 3.45. The number of halogens is 2. The van der Waals surface area contributed by atoms with Crippen LogP contribution in [0.2, 0.25) is 10.0 Å². The number of nitrogens with one attached hydrogen (secondary N) is 1. The zero-order valence-electron chi connectivity index (χ0n) is 12.3. The maximum atomic E-state index is 6.00. The van der Waals surface area contributed by atoms with Gasteiger partial charge in [-0.3, -0.25) is 4.98 Å². The van der Waals surface area contributed by atoms with Crippen LogP contribution in [0.25, 0.3) is 0 Å². The van der Waals surface area contributed by atoms with Crippen LogP contribution in [0.15, 0.2) is 36.7 Å². The van der Waals surface area contributed by atoms with Gasteiger partial charge < -0.3 is 10.1 Å². The lowest BCUT2D eigenvalue weighted by molar-refractivity contribution is 0.413. The van der Waals surface area contributed by atoms with Gasteiger partial charge in [0.05, 0.1) is 16.2 Å². The van der Waals surface area contributed by atoms with E-state index in [9.17, 15) is 0 Å². The van der Waals surface area contributed by atoms with E-state index in [2.05, 4.69) is 31.1 Å². The molecule has 0 fully saturated rings. The molecule has 0 saturated carbocycles. The Hall–Kier alpha value is -1.29. The van der Waals surface area contributed by atoms with Gasteiger partial charge in [0.15, 0.2) is 0 Å². The van der Waals surface area contributed by atoms with E-state index in [-0.39, 0.29) is 5.54 Å². The first kappa shape index (κ1) is 16.1. The van der Waals surface area contributed by atoms with Crippen LogP contribution in [-0.4, -0.2) is 10.5 Å². The van der Waals surface area contributed by atoms with Gasteiger partial charge in [-0.15, -0.1) is 0 Å². The number of pyridine rings is 1. The molecular weight excluding hydrogens is 307 g/mol. The van der Waals surface area contributed by atoms with Crippen molar-refractivity contribution in [2.75, 3.05) is 0 Å². The first-order valence-corrected chi connectivity index (χ1v) is 7.41. The Balaban J connectivity index is 2.17. The Bertz CT molecular complexity index is 624. The molecule has 3 nitrogen and oxygen atoms in total. The Morgan fingerprint density at radius 3 is 2.57 bits per heavy atom. The third kappa shape index (κ3) is 4.88. The largest absolute Gasteiger partial charge is 0.455 e. The molecule has 5 heteroatoms. The van der Waals surface area contributed by atoms with Gasteiger partial charge >= 0.3 is 0 Å². The van der Waals surface area contributed by atoms with Crippen molar-refractivity contribution in [3.05, 3.63) is 52.3 Å². The minimum absolute atomic E-state index is 0.0319. The number of benzene rings is 1. The average molecular weight is 325 g/mol. The number of hydrogen-bond acceptors (Lipinski definition) is 3. The highest BCUT2D eigenvalue weighted by Gasteiger charge is 2.12. The molecule has 0 atom stereocenters. The lowest BCUT2D eigenvalue weighted by Gasteiger charge is -2.21. The lowest BCUT2D eigenvalue weighted by atomic mass is 10.1. The third-order valence-electron chi connectivity index (χ3n) is 2.80. The van der Waals surface area contributed by atoms with Crippen LogP contribution in [0.4, 0.5) is 0 Å². The Labute approximate surface area is 135 Å². The second-order valence-electron chi connectivity index (χ2n) is 5.76. The zero-order valence-corrected chi connectivity index (χ0v) is 13.8. The van der Waals surface area contributed by atoms with Gasteiger partial charge in [0.25, 0.3) is 0 Å². The van der Waals surface area contributed by atoms with Crippen LogP contribution < -0.4 is 10.1 Å². The minimum Gasteiger partial charge on any atom is -0.455 e. The number of rotatable bonds is 4. The van der Waals surface area contributed by atoms with Crippen LogP contribution >= 0.6 is 23.2 Å². The summed E-state index contributed by atoms with van der Waals surface area (Å²) in [6, 6.07) is 7.12. The predicted octanol–water partition coefficient (Wildman–Crippen LogP) is 5.07. The second-order valence-corrected chi connectivity index (χ2v) is 6.58. The topological polar surface area (TPSA) is 34.2 Å². The van der Waals surface area contributed by atoms with Crippen molar-refractivity contribution in [1.29, 1.82) is 0 Å². The van der Waals surface area contributed by atoms with Crippen LogP contribution in [-0.2, 0) is 6.54 Å². The first-order valence-electron chi connectivity index (χ1n) is 6.66. The maximum Gasteiger partial charge on any atom is 0.150 e. The van der Waals surface area contributed by atoms with Crippen molar-refractivity contribution in [1.82, 2.24) is 10.3 Å². The van der Waals surface area contributed by atoms with Gasteiger partial charge in [-0.05, 0) is 39.0 Å². The van der Waals surface area contributed by atoms with E-state index >= 15 is 0 Å². The highest BCUT2D eigenvalue weighted by molar-refractivity contribution is 6.42. The molecule has 1 aromatic carbocycles. The molecule has 0 bridgehead atoms. The van der Waals surface area contributed by atoms with Gasteiger partial charge in [-0.25, -0.2) is 0 Å². The van der Waals surface area contributed by atoms with E-state index < -0.39 is 0 Å². The van der Waals surface area contributed by atoms with Crippen molar-refractivity contribution in [2.45, 2.75) is 32.9 Å². The fourth-order valence-corrected chi connectivity index (χ4v) is 1.96. The van der Waals surface area contributed by atoms with Gasteiger partial charge in [-0.2, -0.15) is 0 Å². The molecule has 1 aromatic heterocycles. The van der Waals surface area contributed by atoms with E-state index in [4.69, 9.17) is 27.9 Å². The molecule has 0 aliphatic rings. The molecule has 0 radical (unpaired) electrons. The molecule has 2 rings (SSSR count). The number of ether oxygens (including phenoxy) is 1. The molecule has 0 unspecified atom stereocenters. The molecule has 0 aliphatic carbocycles. The van der Waals surface area contributed by atoms with Crippen molar-refractivity contribution in [3.8, 4) is 11.5 Å². The monoisotopic (exact) mass is 324 g/mol. The first-order chi connectivity index (χ1) is 9.85. The number of hydrogen-bond donors (Lipinski definition) is 1. The molecule has 0 saturated heterocycles. The number of aromatic nitrogens is 1. The highest BCUT2D eigenvalue weighted by atomic mass is 35.5. The maximum absolute atomic E-state index is 6.00. The molecule has 1 heterocycles. The van der Waals surface area contributed by atoms with Gasteiger partial charge in [0.2, 0.25) is 0 Å². The SMILES string of the molecule is CC(C)(C)NCc1ccncc1Oc1ccc(Cl)c(Cl)c1. The van der Waals surface area contributed by atoms with Crippen LogP contribution in [0.3, 0.4) is 0 Å². The normalized spacial score (nSPS) is 11.5. The molecule has 0 spiro atoms. The van der Waals surface area contributed by atoms with E-state index in [1.165, 1.54) is 0 Å². The van der Waals surface area contributed by atoms with E-state index in [1.807, 2.05) is 6.07 Å². The number of nitrogens with zero attached hydrogens (tertiary/aromatic N) is 1. The van der Waals surface area contributed by atoms with Gasteiger partial charge in [-0.1, -0.05) is 23.2 Å². The molecule has 1 N–H and O–H groups in total. The molecule has 112 valence electrons. The second kappa shape index (κ2) is 6.65. The highest BCUT2D eigenvalue weighted by Crippen LogP contribution is 2.30. The minimum atomic E-state index is 0.0319. The predicted molar refractivity (Wildman–Crippen MR) is 87.4 cm³/mol. The van der Waals surface area contributed by atoms with Gasteiger partial charge in [0, 0.05) is 29.9 Å². The summed E-state index contributed by atoms with van der Waals surface area (Å²) in [5.41, 5.74) is 1.07. The molecular formula is C16H18Cl2N2O. The quantitative estimate of drug-likeness (QED) is 0.852. The third-order valence-corrected chi connectivity index (χ3v) is 3.54. The molecule has 2 aromatic rings. The lowest BCUT2D eigenvalue weighted by Crippen LogP contribution is -2.35. The summed E-state index contributed by atoms with van der Waals surface area (Å²) in [7, 11) is 0. The zero-order chi connectivity index (χ0) is 15.5. The van der Waals surface area contributed by atoms with Crippen molar-refractivity contribution >= 4 is 23.2 Å².